The van der Waals surface area contributed by atoms with Crippen molar-refractivity contribution in [3.05, 3.63) is 96.6 Å². The number of nitrogens with one attached hydrogen (secondary N) is 2. The Hall–Kier alpha value is -4.13. The SMILES string of the molecule is COc1ccc(Nc2ccccc2C(=O)Nc2cccc(Cn3cncn3)c2)cc1. The summed E-state index contributed by atoms with van der Waals surface area (Å²) in [5, 5.41) is 10.4. The van der Waals surface area contributed by atoms with E-state index in [1.807, 2.05) is 66.7 Å². The topological polar surface area (TPSA) is 81.1 Å². The van der Waals surface area contributed by atoms with Crippen LogP contribution in [0.3, 0.4) is 0 Å². The standard InChI is InChI=1S/C23H21N5O2/c1-30-20-11-9-18(10-12-20)26-22-8-3-2-7-21(22)23(29)27-19-6-4-5-17(13-19)14-28-16-24-15-25-28/h2-13,15-16,26H,14H2,1H3,(H,27,29). The highest BCUT2D eigenvalue weighted by molar-refractivity contribution is 6.08. The fourth-order valence-corrected chi connectivity index (χ4v) is 3.07. The van der Waals surface area contributed by atoms with Gasteiger partial charge in [0.2, 0.25) is 0 Å². The summed E-state index contributed by atoms with van der Waals surface area (Å²) >= 11 is 0. The summed E-state index contributed by atoms with van der Waals surface area (Å²) in [7, 11) is 1.63. The minimum Gasteiger partial charge on any atom is -0.497 e. The Morgan fingerprint density at radius 3 is 2.60 bits per heavy atom. The molecule has 0 atom stereocenters. The lowest BCUT2D eigenvalue weighted by Crippen LogP contribution is -2.14. The van der Waals surface area contributed by atoms with Crippen molar-refractivity contribution in [2.24, 2.45) is 0 Å². The van der Waals surface area contributed by atoms with Gasteiger partial charge in [0.05, 0.1) is 24.9 Å². The molecule has 0 saturated heterocycles. The van der Waals surface area contributed by atoms with E-state index in [0.29, 0.717) is 12.1 Å². The quantitative estimate of drug-likeness (QED) is 0.483. The number of carbonyl (C=O) groups excluding carboxylic acids is 1. The molecule has 0 saturated carbocycles. The molecule has 2 N–H and O–H groups in total. The van der Waals surface area contributed by atoms with Crippen molar-refractivity contribution in [2.75, 3.05) is 17.7 Å². The number of benzene rings is 3. The van der Waals surface area contributed by atoms with E-state index >= 15 is 0 Å². The van der Waals surface area contributed by atoms with Crippen LogP contribution in [-0.4, -0.2) is 27.8 Å². The second-order valence-corrected chi connectivity index (χ2v) is 6.65. The van der Waals surface area contributed by atoms with Crippen LogP contribution in [-0.2, 0) is 6.54 Å². The maximum atomic E-state index is 13.0. The molecule has 1 heterocycles. The molecule has 7 nitrogen and oxygen atoms in total. The summed E-state index contributed by atoms with van der Waals surface area (Å²) in [5.74, 6) is 0.585. The van der Waals surface area contributed by atoms with Crippen molar-refractivity contribution in [3.63, 3.8) is 0 Å². The Kier molecular flexibility index (Phi) is 5.70. The zero-order chi connectivity index (χ0) is 20.8. The number of hydrogen-bond donors (Lipinski definition) is 2. The Labute approximate surface area is 174 Å². The van der Waals surface area contributed by atoms with E-state index in [4.69, 9.17) is 4.74 Å². The Bertz CT molecular complexity index is 1120. The fourth-order valence-electron chi connectivity index (χ4n) is 3.07. The van der Waals surface area contributed by atoms with Gasteiger partial charge in [0.25, 0.3) is 5.91 Å². The summed E-state index contributed by atoms with van der Waals surface area (Å²) in [6.45, 7) is 0.583. The lowest BCUT2D eigenvalue weighted by Gasteiger charge is -2.13. The number of nitrogens with zero attached hydrogens (tertiary/aromatic N) is 3. The van der Waals surface area contributed by atoms with E-state index in [2.05, 4.69) is 20.7 Å². The van der Waals surface area contributed by atoms with Crippen LogP contribution in [0.1, 0.15) is 15.9 Å². The zero-order valence-electron chi connectivity index (χ0n) is 16.4. The number of methoxy groups -OCH3 is 1. The molecule has 0 aliphatic heterocycles. The first kappa shape index (κ1) is 19.2. The number of amides is 1. The number of carbonyl (C=O) groups is 1. The molecule has 0 aliphatic carbocycles. The van der Waals surface area contributed by atoms with Gasteiger partial charge in [0.15, 0.2) is 0 Å². The molecule has 0 aliphatic rings. The molecule has 0 radical (unpaired) electrons. The highest BCUT2D eigenvalue weighted by Crippen LogP contribution is 2.24. The number of ether oxygens (including phenoxy) is 1. The van der Waals surface area contributed by atoms with Gasteiger partial charge >= 0.3 is 0 Å². The maximum Gasteiger partial charge on any atom is 0.257 e. The maximum absolute atomic E-state index is 13.0. The first-order chi connectivity index (χ1) is 14.7. The fraction of sp³-hybridized carbons (Fsp3) is 0.0870. The van der Waals surface area contributed by atoms with Crippen LogP contribution < -0.4 is 15.4 Å². The molecule has 0 fully saturated rings. The number of aromatic nitrogens is 3. The molecule has 150 valence electrons. The van der Waals surface area contributed by atoms with Gasteiger partial charge in [-0.2, -0.15) is 5.10 Å². The van der Waals surface area contributed by atoms with Crippen LogP contribution in [0.5, 0.6) is 5.75 Å². The van der Waals surface area contributed by atoms with Crippen LogP contribution in [0.25, 0.3) is 0 Å². The number of para-hydroxylation sites is 1. The molecule has 0 bridgehead atoms. The van der Waals surface area contributed by atoms with E-state index in [9.17, 15) is 4.79 Å². The van der Waals surface area contributed by atoms with Crippen LogP contribution in [0.2, 0.25) is 0 Å². The van der Waals surface area contributed by atoms with Gasteiger partial charge in [-0.05, 0) is 54.1 Å². The van der Waals surface area contributed by atoms with E-state index in [1.54, 1.807) is 24.2 Å². The lowest BCUT2D eigenvalue weighted by atomic mass is 10.1. The molecular formula is C23H21N5O2. The number of anilines is 3. The summed E-state index contributed by atoms with van der Waals surface area (Å²) in [4.78, 5) is 16.9. The minimum atomic E-state index is -0.190. The van der Waals surface area contributed by atoms with Gasteiger partial charge in [-0.1, -0.05) is 24.3 Å². The second kappa shape index (κ2) is 8.91. The molecule has 4 rings (SSSR count). The molecular weight excluding hydrogens is 378 g/mol. The first-order valence-corrected chi connectivity index (χ1v) is 9.44. The van der Waals surface area contributed by atoms with Crippen LogP contribution >= 0.6 is 0 Å². The van der Waals surface area contributed by atoms with Gasteiger partial charge in [0, 0.05) is 11.4 Å². The number of hydrogen-bond acceptors (Lipinski definition) is 5. The third-order valence-corrected chi connectivity index (χ3v) is 4.54. The Balaban J connectivity index is 1.50. The lowest BCUT2D eigenvalue weighted by molar-refractivity contribution is 0.102. The van der Waals surface area contributed by atoms with E-state index in [-0.39, 0.29) is 5.91 Å². The molecule has 7 heteroatoms. The van der Waals surface area contributed by atoms with E-state index < -0.39 is 0 Å². The zero-order valence-corrected chi connectivity index (χ0v) is 16.4. The highest BCUT2D eigenvalue weighted by atomic mass is 16.5. The highest BCUT2D eigenvalue weighted by Gasteiger charge is 2.12. The van der Waals surface area contributed by atoms with Crippen molar-refractivity contribution in [1.29, 1.82) is 0 Å². The third-order valence-electron chi connectivity index (χ3n) is 4.54. The van der Waals surface area contributed by atoms with Crippen molar-refractivity contribution < 1.29 is 9.53 Å². The Morgan fingerprint density at radius 2 is 1.83 bits per heavy atom. The van der Waals surface area contributed by atoms with E-state index in [0.717, 1.165) is 28.4 Å². The van der Waals surface area contributed by atoms with Crippen molar-refractivity contribution >= 4 is 23.0 Å². The molecule has 3 aromatic carbocycles. The molecule has 1 amide bonds. The van der Waals surface area contributed by atoms with Crippen LogP contribution in [0.15, 0.2) is 85.5 Å². The van der Waals surface area contributed by atoms with Gasteiger partial charge in [0.1, 0.15) is 18.4 Å². The summed E-state index contributed by atoms with van der Waals surface area (Å²) in [6.07, 6.45) is 3.16. The summed E-state index contributed by atoms with van der Waals surface area (Å²) in [5.41, 5.74) is 3.87. The molecule has 0 spiro atoms. The Morgan fingerprint density at radius 1 is 1.00 bits per heavy atom. The van der Waals surface area contributed by atoms with Crippen LogP contribution in [0.4, 0.5) is 17.1 Å². The predicted octanol–water partition coefficient (Wildman–Crippen LogP) is 4.33. The smallest absolute Gasteiger partial charge is 0.257 e. The van der Waals surface area contributed by atoms with Gasteiger partial charge in [-0.15, -0.1) is 0 Å². The second-order valence-electron chi connectivity index (χ2n) is 6.65. The number of rotatable bonds is 7. The van der Waals surface area contributed by atoms with Crippen LogP contribution in [0, 0.1) is 0 Å². The van der Waals surface area contributed by atoms with Crippen molar-refractivity contribution in [1.82, 2.24) is 14.8 Å². The molecule has 0 unspecified atom stereocenters. The minimum absolute atomic E-state index is 0.190. The average molecular weight is 399 g/mol. The summed E-state index contributed by atoms with van der Waals surface area (Å²) < 4.78 is 6.92. The van der Waals surface area contributed by atoms with Crippen molar-refractivity contribution in [2.45, 2.75) is 6.54 Å². The monoisotopic (exact) mass is 399 g/mol. The predicted molar refractivity (Wildman–Crippen MR) is 116 cm³/mol. The van der Waals surface area contributed by atoms with Crippen molar-refractivity contribution in [3.8, 4) is 5.75 Å². The van der Waals surface area contributed by atoms with Gasteiger partial charge in [-0.25, -0.2) is 9.67 Å². The normalized spacial score (nSPS) is 10.4. The third kappa shape index (κ3) is 4.64. The largest absolute Gasteiger partial charge is 0.497 e. The first-order valence-electron chi connectivity index (χ1n) is 9.44. The summed E-state index contributed by atoms with van der Waals surface area (Å²) in [6, 6.07) is 22.6. The molecule has 30 heavy (non-hydrogen) atoms. The van der Waals surface area contributed by atoms with Gasteiger partial charge < -0.3 is 15.4 Å². The van der Waals surface area contributed by atoms with E-state index in [1.165, 1.54) is 6.33 Å². The average Bonchev–Trinajstić information content (AvgIpc) is 3.28. The molecule has 4 aromatic rings. The van der Waals surface area contributed by atoms with Gasteiger partial charge in [-0.3, -0.25) is 4.79 Å². The molecule has 1 aromatic heterocycles.